The van der Waals surface area contributed by atoms with E-state index in [-0.39, 0.29) is 0 Å². The van der Waals surface area contributed by atoms with Crippen molar-refractivity contribution in [2.45, 2.75) is 5.92 Å². The Kier molecular flexibility index (Phi) is 2.33. The zero-order chi connectivity index (χ0) is 10.9. The van der Waals surface area contributed by atoms with Crippen LogP contribution in [-0.4, -0.2) is 32.6 Å². The van der Waals surface area contributed by atoms with Gasteiger partial charge in [0.05, 0.1) is 0 Å². The van der Waals surface area contributed by atoms with Gasteiger partial charge in [0.1, 0.15) is 5.69 Å². The van der Waals surface area contributed by atoms with Crippen LogP contribution in [-0.2, 0) is 11.8 Å². The SMILES string of the molecule is Cn1ccc(C(=O)C(F)(F)C(=O)O)n1. The van der Waals surface area contributed by atoms with Crippen molar-refractivity contribution < 1.29 is 23.5 Å². The monoisotopic (exact) mass is 204 g/mol. The van der Waals surface area contributed by atoms with Crippen LogP contribution in [0.3, 0.4) is 0 Å². The molecule has 1 heterocycles. The molecule has 1 rings (SSSR count). The van der Waals surface area contributed by atoms with Crippen molar-refractivity contribution in [3.8, 4) is 0 Å². The van der Waals surface area contributed by atoms with E-state index in [0.29, 0.717) is 0 Å². The molecule has 0 saturated heterocycles. The van der Waals surface area contributed by atoms with Gasteiger partial charge in [-0.1, -0.05) is 0 Å². The highest BCUT2D eigenvalue weighted by Crippen LogP contribution is 2.19. The lowest BCUT2D eigenvalue weighted by molar-refractivity contribution is -0.157. The molecule has 1 aromatic heterocycles. The standard InChI is InChI=1S/C7H6F2N2O3/c1-11-3-2-4(10-11)5(12)7(8,9)6(13)14/h2-3H,1H3,(H,13,14). The van der Waals surface area contributed by atoms with Crippen molar-refractivity contribution in [1.29, 1.82) is 0 Å². The third-order valence-corrected chi connectivity index (χ3v) is 1.50. The average molecular weight is 204 g/mol. The molecule has 0 atom stereocenters. The van der Waals surface area contributed by atoms with Gasteiger partial charge in [0, 0.05) is 13.2 Å². The Balaban J connectivity index is 3.02. The number of aryl methyl sites for hydroxylation is 1. The Morgan fingerprint density at radius 1 is 1.57 bits per heavy atom. The first-order chi connectivity index (χ1) is 6.35. The zero-order valence-corrected chi connectivity index (χ0v) is 7.07. The molecule has 0 amide bonds. The molecular formula is C7H6F2N2O3. The molecule has 0 aliphatic heterocycles. The summed E-state index contributed by atoms with van der Waals surface area (Å²) in [6, 6.07) is 1.03. The lowest BCUT2D eigenvalue weighted by Gasteiger charge is -2.06. The molecule has 0 saturated carbocycles. The van der Waals surface area contributed by atoms with Gasteiger partial charge in [-0.15, -0.1) is 0 Å². The van der Waals surface area contributed by atoms with Crippen LogP contribution in [0.15, 0.2) is 12.3 Å². The largest absolute Gasteiger partial charge is 0.476 e. The van der Waals surface area contributed by atoms with Gasteiger partial charge in [0.2, 0.25) is 0 Å². The lowest BCUT2D eigenvalue weighted by atomic mass is 10.1. The van der Waals surface area contributed by atoms with E-state index in [4.69, 9.17) is 5.11 Å². The molecule has 76 valence electrons. The minimum Gasteiger partial charge on any atom is -0.476 e. The number of alkyl halides is 2. The highest BCUT2D eigenvalue weighted by molar-refractivity contribution is 6.12. The second kappa shape index (κ2) is 3.17. The van der Waals surface area contributed by atoms with E-state index >= 15 is 0 Å². The smallest absolute Gasteiger partial charge is 0.405 e. The number of hydrogen-bond donors (Lipinski definition) is 1. The Morgan fingerprint density at radius 2 is 2.14 bits per heavy atom. The Bertz CT molecular complexity index is 386. The van der Waals surface area contributed by atoms with Crippen molar-refractivity contribution in [1.82, 2.24) is 9.78 Å². The maximum Gasteiger partial charge on any atom is 0.405 e. The first-order valence-electron chi connectivity index (χ1n) is 3.51. The number of nitrogens with zero attached hydrogens (tertiary/aromatic N) is 2. The van der Waals surface area contributed by atoms with Crippen LogP contribution in [0.1, 0.15) is 10.5 Å². The minimum atomic E-state index is -4.42. The molecule has 0 aliphatic carbocycles. The van der Waals surface area contributed by atoms with E-state index in [2.05, 4.69) is 5.10 Å². The van der Waals surface area contributed by atoms with E-state index in [9.17, 15) is 18.4 Å². The Labute approximate surface area is 76.9 Å². The van der Waals surface area contributed by atoms with Crippen LogP contribution >= 0.6 is 0 Å². The number of hydrogen-bond acceptors (Lipinski definition) is 3. The van der Waals surface area contributed by atoms with Gasteiger partial charge in [-0.2, -0.15) is 13.9 Å². The molecule has 1 aromatic rings. The third kappa shape index (κ3) is 1.61. The van der Waals surface area contributed by atoms with E-state index in [1.54, 1.807) is 0 Å². The normalized spacial score (nSPS) is 11.4. The number of carboxylic acid groups (broad SMARTS) is 1. The summed E-state index contributed by atoms with van der Waals surface area (Å²) in [5, 5.41) is 11.5. The fourth-order valence-corrected chi connectivity index (χ4v) is 0.794. The molecule has 0 fully saturated rings. The van der Waals surface area contributed by atoms with Gasteiger partial charge in [-0.3, -0.25) is 9.48 Å². The van der Waals surface area contributed by atoms with Gasteiger partial charge in [-0.05, 0) is 6.07 Å². The fraction of sp³-hybridized carbons (Fsp3) is 0.286. The quantitative estimate of drug-likeness (QED) is 0.568. The van der Waals surface area contributed by atoms with Crippen LogP contribution in [0.4, 0.5) is 8.78 Å². The summed E-state index contributed by atoms with van der Waals surface area (Å²) < 4.78 is 26.4. The summed E-state index contributed by atoms with van der Waals surface area (Å²) in [4.78, 5) is 21.0. The van der Waals surface area contributed by atoms with E-state index in [1.165, 1.54) is 13.2 Å². The molecule has 0 aromatic carbocycles. The molecule has 1 N–H and O–H groups in total. The number of carbonyl (C=O) groups excluding carboxylic acids is 1. The topological polar surface area (TPSA) is 72.2 Å². The molecule has 14 heavy (non-hydrogen) atoms. The number of halogens is 2. The Hall–Kier alpha value is -1.79. The molecular weight excluding hydrogens is 198 g/mol. The van der Waals surface area contributed by atoms with Crippen molar-refractivity contribution in [3.63, 3.8) is 0 Å². The molecule has 0 spiro atoms. The first kappa shape index (κ1) is 10.3. The molecule has 5 nitrogen and oxygen atoms in total. The molecule has 0 unspecified atom stereocenters. The van der Waals surface area contributed by atoms with Crippen molar-refractivity contribution in [2.24, 2.45) is 7.05 Å². The molecule has 0 bridgehead atoms. The van der Waals surface area contributed by atoms with Crippen molar-refractivity contribution in [3.05, 3.63) is 18.0 Å². The van der Waals surface area contributed by atoms with E-state index in [0.717, 1.165) is 10.7 Å². The zero-order valence-electron chi connectivity index (χ0n) is 7.07. The molecule has 7 heteroatoms. The maximum absolute atomic E-state index is 12.6. The van der Waals surface area contributed by atoms with Crippen LogP contribution in [0.5, 0.6) is 0 Å². The minimum absolute atomic E-state index is 0.570. The number of aromatic nitrogens is 2. The Morgan fingerprint density at radius 3 is 2.50 bits per heavy atom. The number of rotatable bonds is 3. The van der Waals surface area contributed by atoms with Crippen LogP contribution in [0.25, 0.3) is 0 Å². The van der Waals surface area contributed by atoms with E-state index in [1.807, 2.05) is 0 Å². The van der Waals surface area contributed by atoms with Crippen LogP contribution in [0, 0.1) is 0 Å². The van der Waals surface area contributed by atoms with Gasteiger partial charge in [-0.25, -0.2) is 4.79 Å². The van der Waals surface area contributed by atoms with Crippen LogP contribution in [0.2, 0.25) is 0 Å². The maximum atomic E-state index is 12.6. The average Bonchev–Trinajstić information content (AvgIpc) is 2.50. The van der Waals surface area contributed by atoms with Gasteiger partial charge in [0.15, 0.2) is 0 Å². The lowest BCUT2D eigenvalue weighted by Crippen LogP contribution is -2.37. The summed E-state index contributed by atoms with van der Waals surface area (Å²) in [6.45, 7) is 0. The first-order valence-corrected chi connectivity index (χ1v) is 3.51. The summed E-state index contributed by atoms with van der Waals surface area (Å²) >= 11 is 0. The van der Waals surface area contributed by atoms with Crippen molar-refractivity contribution >= 4 is 11.8 Å². The molecule has 0 radical (unpaired) electrons. The summed E-state index contributed by atoms with van der Waals surface area (Å²) in [5.74, 6) is -8.72. The number of ketones is 1. The third-order valence-electron chi connectivity index (χ3n) is 1.50. The number of aliphatic carboxylic acids is 1. The van der Waals surface area contributed by atoms with Crippen LogP contribution < -0.4 is 0 Å². The number of carboxylic acids is 1. The second-order valence-electron chi connectivity index (χ2n) is 2.58. The van der Waals surface area contributed by atoms with Gasteiger partial charge < -0.3 is 5.11 Å². The second-order valence-corrected chi connectivity index (χ2v) is 2.58. The fourth-order valence-electron chi connectivity index (χ4n) is 0.794. The number of Topliss-reactive ketones (excluding diaryl/α,β-unsaturated/α-hetero) is 1. The highest BCUT2D eigenvalue weighted by atomic mass is 19.3. The van der Waals surface area contributed by atoms with E-state index < -0.39 is 23.4 Å². The van der Waals surface area contributed by atoms with Crippen molar-refractivity contribution in [2.75, 3.05) is 0 Å². The molecule has 0 aliphatic rings. The van der Waals surface area contributed by atoms with Gasteiger partial charge >= 0.3 is 11.9 Å². The summed E-state index contributed by atoms with van der Waals surface area (Å²) in [5.41, 5.74) is -0.570. The summed E-state index contributed by atoms with van der Waals surface area (Å²) in [7, 11) is 1.43. The highest BCUT2D eigenvalue weighted by Gasteiger charge is 2.48. The predicted octanol–water partition coefficient (Wildman–Crippen LogP) is 0.323. The summed E-state index contributed by atoms with van der Waals surface area (Å²) in [6.07, 6.45) is 1.27. The predicted molar refractivity (Wildman–Crippen MR) is 40.1 cm³/mol. The van der Waals surface area contributed by atoms with Gasteiger partial charge in [0.25, 0.3) is 5.78 Å². The number of carbonyl (C=O) groups is 2.